The molecule has 134 valence electrons. The average Bonchev–Trinajstić information content (AvgIpc) is 3.06. The molecule has 0 saturated carbocycles. The van der Waals surface area contributed by atoms with Crippen molar-refractivity contribution in [2.24, 2.45) is 0 Å². The summed E-state index contributed by atoms with van der Waals surface area (Å²) < 4.78 is 13.3. The van der Waals surface area contributed by atoms with E-state index in [1.165, 1.54) is 0 Å². The first kappa shape index (κ1) is 15.6. The van der Waals surface area contributed by atoms with Gasteiger partial charge in [0.05, 0.1) is 18.6 Å². The topological polar surface area (TPSA) is 81.8 Å². The number of nitrogens with zero attached hydrogens (tertiary/aromatic N) is 4. The van der Waals surface area contributed by atoms with Crippen LogP contribution in [-0.4, -0.2) is 31.8 Å². The van der Waals surface area contributed by atoms with Crippen LogP contribution in [0.4, 0.5) is 0 Å². The summed E-state index contributed by atoms with van der Waals surface area (Å²) in [5, 5.41) is 14.3. The van der Waals surface area contributed by atoms with Crippen LogP contribution in [0.25, 0.3) is 5.65 Å². The molecular weight excluding hydrogens is 344 g/mol. The Morgan fingerprint density at radius 1 is 1.15 bits per heavy atom. The van der Waals surface area contributed by atoms with Gasteiger partial charge in [0.15, 0.2) is 5.65 Å². The lowest BCUT2D eigenvalue weighted by Gasteiger charge is -2.28. The van der Waals surface area contributed by atoms with Crippen molar-refractivity contribution in [2.75, 3.05) is 7.11 Å². The second-order valence-corrected chi connectivity index (χ2v) is 6.39. The monoisotopic (exact) mass is 360 g/mol. The van der Waals surface area contributed by atoms with Gasteiger partial charge in [-0.3, -0.25) is 0 Å². The van der Waals surface area contributed by atoms with E-state index in [4.69, 9.17) is 9.47 Å². The molecule has 0 fully saturated rings. The number of ether oxygens (including phenoxy) is 2. The molecule has 2 aromatic heterocycles. The van der Waals surface area contributed by atoms with Gasteiger partial charge in [0, 0.05) is 17.2 Å². The molecule has 1 atom stereocenters. The van der Waals surface area contributed by atoms with Crippen LogP contribution in [0.3, 0.4) is 0 Å². The summed E-state index contributed by atoms with van der Waals surface area (Å²) in [6.07, 6.45) is 1.58. The number of benzene rings is 2. The Morgan fingerprint density at radius 3 is 2.85 bits per heavy atom. The smallest absolute Gasteiger partial charge is 0.228 e. The molecule has 0 radical (unpaired) electrons. The number of aryl methyl sites for hydroxylation is 1. The number of phenols is 1. The standard InChI is InChI=1S/C20H16N4O3/c1-11-22-19-18-17(13-5-3-4-6-15(13)26-2)14-8-7-12(25)9-16(14)27-20(18)21-10-24(19)23-11/h3-10,17,25H,1-2H3. The zero-order chi connectivity index (χ0) is 18.5. The largest absolute Gasteiger partial charge is 0.508 e. The van der Waals surface area contributed by atoms with Crippen LogP contribution < -0.4 is 9.47 Å². The summed E-state index contributed by atoms with van der Waals surface area (Å²) in [5.74, 6) is 2.33. The van der Waals surface area contributed by atoms with Gasteiger partial charge < -0.3 is 14.6 Å². The van der Waals surface area contributed by atoms with E-state index < -0.39 is 0 Å². The van der Waals surface area contributed by atoms with E-state index in [9.17, 15) is 5.11 Å². The van der Waals surface area contributed by atoms with E-state index in [2.05, 4.69) is 15.1 Å². The molecule has 1 unspecified atom stereocenters. The number of phenolic OH excluding ortho intramolecular Hbond substituents is 1. The van der Waals surface area contributed by atoms with Crippen LogP contribution in [0.5, 0.6) is 23.1 Å². The quantitative estimate of drug-likeness (QED) is 0.519. The van der Waals surface area contributed by atoms with Crippen LogP contribution >= 0.6 is 0 Å². The second kappa shape index (κ2) is 5.70. The molecule has 0 saturated heterocycles. The number of rotatable bonds is 2. The summed E-state index contributed by atoms with van der Waals surface area (Å²) in [5.41, 5.74) is 3.38. The molecule has 1 aliphatic heterocycles. The van der Waals surface area contributed by atoms with Crippen LogP contribution in [0.15, 0.2) is 48.8 Å². The van der Waals surface area contributed by atoms with Crippen molar-refractivity contribution in [3.05, 3.63) is 71.3 Å². The molecule has 0 aliphatic carbocycles. The molecule has 4 aromatic rings. The Balaban J connectivity index is 1.87. The van der Waals surface area contributed by atoms with Gasteiger partial charge in [-0.05, 0) is 19.1 Å². The molecule has 7 heteroatoms. The van der Waals surface area contributed by atoms with Gasteiger partial charge in [0.2, 0.25) is 5.88 Å². The molecule has 3 heterocycles. The number of aromatic hydroxyl groups is 1. The third-order valence-corrected chi connectivity index (χ3v) is 4.75. The van der Waals surface area contributed by atoms with E-state index >= 15 is 0 Å². The third-order valence-electron chi connectivity index (χ3n) is 4.75. The van der Waals surface area contributed by atoms with Gasteiger partial charge in [-0.2, -0.15) is 5.10 Å². The molecule has 7 nitrogen and oxygen atoms in total. The lowest BCUT2D eigenvalue weighted by molar-refractivity contribution is 0.401. The summed E-state index contributed by atoms with van der Waals surface area (Å²) in [6, 6.07) is 12.9. The molecule has 0 spiro atoms. The van der Waals surface area contributed by atoms with E-state index in [-0.39, 0.29) is 11.7 Å². The van der Waals surface area contributed by atoms with Gasteiger partial charge in [-0.25, -0.2) is 14.5 Å². The summed E-state index contributed by atoms with van der Waals surface area (Å²) in [6.45, 7) is 1.84. The normalized spacial score (nSPS) is 15.1. The maximum atomic E-state index is 9.92. The first-order valence-electron chi connectivity index (χ1n) is 8.51. The molecule has 1 aliphatic rings. The van der Waals surface area contributed by atoms with Crippen LogP contribution in [-0.2, 0) is 0 Å². The van der Waals surface area contributed by atoms with Gasteiger partial charge in [0.1, 0.15) is 29.4 Å². The predicted octanol–water partition coefficient (Wildman–Crippen LogP) is 3.43. The van der Waals surface area contributed by atoms with Crippen LogP contribution in [0, 0.1) is 6.92 Å². The van der Waals surface area contributed by atoms with Gasteiger partial charge in [-0.15, -0.1) is 0 Å². The van der Waals surface area contributed by atoms with Crippen LogP contribution in [0.1, 0.15) is 28.4 Å². The highest BCUT2D eigenvalue weighted by Crippen LogP contribution is 2.50. The van der Waals surface area contributed by atoms with Crippen LogP contribution in [0.2, 0.25) is 0 Å². The highest BCUT2D eigenvalue weighted by molar-refractivity contribution is 5.67. The van der Waals surface area contributed by atoms with Crippen molar-refractivity contribution in [3.8, 4) is 23.1 Å². The SMILES string of the molecule is COc1ccccc1C1c2ccc(O)cc2Oc2ncn3nc(C)nc3c21. The summed E-state index contributed by atoms with van der Waals surface area (Å²) in [4.78, 5) is 9.03. The highest BCUT2D eigenvalue weighted by Gasteiger charge is 2.34. The lowest BCUT2D eigenvalue weighted by Crippen LogP contribution is -2.15. The number of hydrogen-bond acceptors (Lipinski definition) is 6. The minimum Gasteiger partial charge on any atom is -0.508 e. The average molecular weight is 360 g/mol. The Labute approximate surface area is 154 Å². The van der Waals surface area contributed by atoms with Crippen molar-refractivity contribution < 1.29 is 14.6 Å². The highest BCUT2D eigenvalue weighted by atomic mass is 16.5. The summed E-state index contributed by atoms with van der Waals surface area (Å²) >= 11 is 0. The van der Waals surface area contributed by atoms with Gasteiger partial charge in [-0.1, -0.05) is 24.3 Å². The number of methoxy groups -OCH3 is 1. The number of hydrogen-bond donors (Lipinski definition) is 1. The fourth-order valence-electron chi connectivity index (χ4n) is 3.64. The zero-order valence-electron chi connectivity index (χ0n) is 14.7. The molecule has 1 N–H and O–H groups in total. The predicted molar refractivity (Wildman–Crippen MR) is 97.6 cm³/mol. The number of para-hydroxylation sites is 1. The van der Waals surface area contributed by atoms with E-state index in [0.717, 1.165) is 22.4 Å². The molecule has 5 rings (SSSR count). The Kier molecular flexibility index (Phi) is 3.30. The van der Waals surface area contributed by atoms with E-state index in [1.807, 2.05) is 37.3 Å². The number of fused-ring (bicyclic) bond motifs is 4. The molecular formula is C20H16N4O3. The Hall–Kier alpha value is -3.61. The fraction of sp³-hybridized carbons (Fsp3) is 0.150. The third kappa shape index (κ3) is 2.32. The van der Waals surface area contributed by atoms with Crippen molar-refractivity contribution in [2.45, 2.75) is 12.8 Å². The van der Waals surface area contributed by atoms with Crippen molar-refractivity contribution >= 4 is 5.65 Å². The molecule has 2 aromatic carbocycles. The van der Waals surface area contributed by atoms with Crippen molar-refractivity contribution in [1.82, 2.24) is 19.6 Å². The first-order valence-corrected chi connectivity index (χ1v) is 8.51. The van der Waals surface area contributed by atoms with Gasteiger partial charge >= 0.3 is 0 Å². The minimum atomic E-state index is -0.222. The fourth-order valence-corrected chi connectivity index (χ4v) is 3.64. The van der Waals surface area contributed by atoms with E-state index in [1.54, 1.807) is 30.1 Å². The van der Waals surface area contributed by atoms with Gasteiger partial charge in [0.25, 0.3) is 0 Å². The summed E-state index contributed by atoms with van der Waals surface area (Å²) in [7, 11) is 1.65. The maximum absolute atomic E-state index is 9.92. The Bertz CT molecular complexity index is 1190. The Morgan fingerprint density at radius 2 is 2.00 bits per heavy atom. The first-order chi connectivity index (χ1) is 13.2. The van der Waals surface area contributed by atoms with E-state index in [0.29, 0.717) is 23.1 Å². The molecule has 0 amide bonds. The van der Waals surface area contributed by atoms with Crippen molar-refractivity contribution in [3.63, 3.8) is 0 Å². The zero-order valence-corrected chi connectivity index (χ0v) is 14.7. The second-order valence-electron chi connectivity index (χ2n) is 6.39. The lowest BCUT2D eigenvalue weighted by atomic mass is 9.83. The molecule has 0 bridgehead atoms. The maximum Gasteiger partial charge on any atom is 0.228 e. The minimum absolute atomic E-state index is 0.135. The molecule has 27 heavy (non-hydrogen) atoms. The van der Waals surface area contributed by atoms with Crippen molar-refractivity contribution in [1.29, 1.82) is 0 Å². The number of aromatic nitrogens is 4.